The van der Waals surface area contributed by atoms with Crippen LogP contribution in [0.3, 0.4) is 0 Å². The maximum Gasteiger partial charge on any atom is 0.471 e. The summed E-state index contributed by atoms with van der Waals surface area (Å²) in [6.07, 6.45) is 0.741. The smallest absolute Gasteiger partial charge is 0.471 e. The van der Waals surface area contributed by atoms with E-state index in [9.17, 15) is 9.36 Å². The number of hydrogen-bond donors (Lipinski definition) is 3. The van der Waals surface area contributed by atoms with Crippen molar-refractivity contribution >= 4 is 19.4 Å². The Balaban J connectivity index is -0.000000135. The number of rotatable bonds is 11. The van der Waals surface area contributed by atoms with Crippen LogP contribution >= 0.6 is 7.82 Å². The number of carbonyl (C=O) groups excluding carboxylic acids is 1. The number of aliphatic hydroxyl groups is 1. The maximum absolute atomic E-state index is 11.4. The Labute approximate surface area is 197 Å². The number of hydrogen-bond acceptors (Lipinski definition) is 7. The number of nitrogens with one attached hydrogen (secondary N) is 2. The van der Waals surface area contributed by atoms with Gasteiger partial charge in [-0.3, -0.25) is 13.8 Å². The minimum Gasteiger partial charge on any atom is -0.676 e. The number of oxime groups is 1. The van der Waals surface area contributed by atoms with Gasteiger partial charge in [0.05, 0.1) is 12.3 Å². The summed E-state index contributed by atoms with van der Waals surface area (Å²) < 4.78 is 20.1. The van der Waals surface area contributed by atoms with Gasteiger partial charge < -0.3 is 25.9 Å². The van der Waals surface area contributed by atoms with Crippen LogP contribution in [0.1, 0.15) is 61.3 Å². The minimum atomic E-state index is -4.00. The molecule has 0 aromatic heterocycles. The molecule has 0 aromatic rings. The van der Waals surface area contributed by atoms with Crippen molar-refractivity contribution in [2.24, 2.45) is 10.6 Å². The predicted octanol–water partition coefficient (Wildman–Crippen LogP) is 3.78. The third-order valence-corrected chi connectivity index (χ3v) is 3.57. The molecule has 1 unspecified atom stereocenters. The van der Waals surface area contributed by atoms with Gasteiger partial charge in [0, 0.05) is 47.6 Å². The summed E-state index contributed by atoms with van der Waals surface area (Å²) in [6.45, 7) is 13.8. The van der Waals surface area contributed by atoms with Crippen LogP contribution in [0.2, 0.25) is 0 Å². The monoisotopic (exact) mass is 628 g/mol. The predicted molar refractivity (Wildman–Crippen MR) is 118 cm³/mol. The van der Waals surface area contributed by atoms with Crippen LogP contribution in [-0.4, -0.2) is 62.1 Å². The molecule has 4 N–H and O–H groups in total. The van der Waals surface area contributed by atoms with Gasteiger partial charge in [-0.25, -0.2) is 4.57 Å². The molecule has 0 aliphatic rings. The molecule has 0 aliphatic heterocycles. The molecule has 184 valence electrons. The van der Waals surface area contributed by atoms with Gasteiger partial charge in [0.2, 0.25) is 5.91 Å². The second-order valence-corrected chi connectivity index (χ2v) is 7.41. The summed E-state index contributed by atoms with van der Waals surface area (Å²) >= 11 is 0. The number of aliphatic hydroxyl groups excluding tert-OH is 1. The molecule has 0 radical (unpaired) electrons. The molecule has 0 fully saturated rings. The van der Waals surface area contributed by atoms with Crippen molar-refractivity contribution in [3.05, 3.63) is 5.73 Å². The van der Waals surface area contributed by atoms with Gasteiger partial charge in [0.25, 0.3) is 0 Å². The average molecular weight is 628 g/mol. The Morgan fingerprint density at radius 1 is 1.20 bits per heavy atom. The average Bonchev–Trinajstić information content (AvgIpc) is 2.69. The largest absolute Gasteiger partial charge is 0.676 e. The van der Waals surface area contributed by atoms with Crippen LogP contribution in [0, 0.1) is 5.41 Å². The van der Waals surface area contributed by atoms with Gasteiger partial charge in [-0.1, -0.05) is 46.7 Å². The molecule has 12 heteroatoms. The van der Waals surface area contributed by atoms with Crippen molar-refractivity contribution in [1.29, 1.82) is 0 Å². The van der Waals surface area contributed by atoms with E-state index in [1.807, 2.05) is 27.7 Å². The molecule has 1 atom stereocenters. The Morgan fingerprint density at radius 2 is 1.70 bits per heavy atom. The first-order valence-electron chi connectivity index (χ1n) is 9.65. The first kappa shape index (κ1) is 40.1. The molecule has 0 bridgehead atoms. The van der Waals surface area contributed by atoms with E-state index in [0.29, 0.717) is 13.0 Å². The second-order valence-electron chi connectivity index (χ2n) is 5.85. The van der Waals surface area contributed by atoms with E-state index >= 15 is 0 Å². The summed E-state index contributed by atoms with van der Waals surface area (Å²) in [4.78, 5) is 24.9. The molecule has 0 heterocycles. The minimum absolute atomic E-state index is 0. The zero-order chi connectivity index (χ0) is 23.9. The number of nitrogens with zero attached hydrogens (tertiary/aromatic N) is 1. The normalized spacial score (nSPS) is 12.2. The van der Waals surface area contributed by atoms with Gasteiger partial charge in [-0.2, -0.15) is 0 Å². The fraction of sp³-hybridized carbons (Fsp3) is 0.889. The summed E-state index contributed by atoms with van der Waals surface area (Å²) in [5.41, 5.74) is 7.12. The van der Waals surface area contributed by atoms with E-state index < -0.39 is 13.2 Å². The fourth-order valence-electron chi connectivity index (χ4n) is 1.42. The van der Waals surface area contributed by atoms with E-state index in [1.165, 1.54) is 7.11 Å². The van der Waals surface area contributed by atoms with Gasteiger partial charge in [-0.05, 0) is 18.9 Å². The van der Waals surface area contributed by atoms with Crippen LogP contribution in [0.15, 0.2) is 5.16 Å². The molecule has 10 nitrogen and oxygen atoms in total. The summed E-state index contributed by atoms with van der Waals surface area (Å²) in [5.74, 6) is -0.212. The first-order chi connectivity index (χ1) is 13.5. The molecule has 0 aromatic carbocycles. The molecule has 0 saturated heterocycles. The number of carbonyl (C=O) groups is 1. The van der Waals surface area contributed by atoms with Gasteiger partial charge in [0.15, 0.2) is 0 Å². The second kappa shape index (κ2) is 26.7. The molecule has 0 rings (SSSR count). The zero-order valence-electron chi connectivity index (χ0n) is 20.0. The molecular formula is C18H43N3O7PW-. The first-order valence-corrected chi connectivity index (χ1v) is 11.1. The van der Waals surface area contributed by atoms with Crippen LogP contribution in [0.25, 0.3) is 5.73 Å². The fourth-order valence-corrected chi connectivity index (χ4v) is 2.04. The van der Waals surface area contributed by atoms with Crippen molar-refractivity contribution in [3.63, 3.8) is 0 Å². The Morgan fingerprint density at radius 3 is 2.07 bits per heavy atom. The Kier molecular flexibility index (Phi) is 35.6. The van der Waals surface area contributed by atoms with Crippen LogP contribution in [0.5, 0.6) is 0 Å². The topological polar surface area (TPSA) is 150 Å². The number of phosphoric acid groups is 1. The quantitative estimate of drug-likeness (QED) is 0.179. The van der Waals surface area contributed by atoms with Gasteiger partial charge >= 0.3 is 7.82 Å². The van der Waals surface area contributed by atoms with Gasteiger partial charge in [0.1, 0.15) is 7.11 Å². The number of amides is 1. The van der Waals surface area contributed by atoms with E-state index in [-0.39, 0.29) is 53.2 Å². The van der Waals surface area contributed by atoms with E-state index in [4.69, 9.17) is 20.3 Å². The van der Waals surface area contributed by atoms with Gasteiger partial charge in [-0.15, -0.1) is 6.54 Å². The van der Waals surface area contributed by atoms with Crippen molar-refractivity contribution in [1.82, 2.24) is 5.32 Å². The molecule has 1 amide bonds. The number of phosphoric ester groups is 1. The molecule has 0 aliphatic carbocycles. The Bertz CT molecular complexity index is 453. The van der Waals surface area contributed by atoms with Crippen LogP contribution in [0.4, 0.5) is 0 Å². The molecule has 0 spiro atoms. The van der Waals surface area contributed by atoms with Crippen LogP contribution in [-0.2, 0) is 44.3 Å². The SMILES string of the molecule is CC.CC.CO/N=C(/C)CCO.COP(=O)(O)OCC(C)(C)CC(=O)NCC[NH-].[W]. The molecular weight excluding hydrogens is 585 g/mol. The summed E-state index contributed by atoms with van der Waals surface area (Å²) in [7, 11) is -1.43. The van der Waals surface area contributed by atoms with E-state index in [0.717, 1.165) is 12.8 Å². The molecule has 30 heavy (non-hydrogen) atoms. The van der Waals surface area contributed by atoms with Crippen LogP contribution < -0.4 is 5.32 Å². The zero-order valence-corrected chi connectivity index (χ0v) is 23.8. The molecule has 0 saturated carbocycles. The maximum atomic E-state index is 11.4. The van der Waals surface area contributed by atoms with E-state index in [1.54, 1.807) is 20.8 Å². The standard InChI is InChI=1S/C9H20N2O5P.C5H11NO2.2C2H6.W/c1-9(2,6-8(12)11-5-4-10)7-16-17(13,14)15-3;1-5(3-4-7)6-8-2;2*1-2;/h10H,4-7H2,1-3H3,(H,11,12)(H,13,14);7H,3-4H2,1-2H3;2*1-2H3;/q-1;;;;/b;6-5-;;;. The third kappa shape index (κ3) is 32.3. The van der Waals surface area contributed by atoms with Crippen molar-refractivity contribution in [3.8, 4) is 0 Å². The van der Waals surface area contributed by atoms with Crippen molar-refractivity contribution in [2.45, 2.75) is 61.3 Å². The van der Waals surface area contributed by atoms with E-state index in [2.05, 4.69) is 19.8 Å². The third-order valence-electron chi connectivity index (χ3n) is 2.66. The summed E-state index contributed by atoms with van der Waals surface area (Å²) in [5, 5.41) is 14.5. The van der Waals surface area contributed by atoms with Crippen molar-refractivity contribution in [2.75, 3.05) is 40.5 Å². The Hall–Kier alpha value is -0.342. The summed E-state index contributed by atoms with van der Waals surface area (Å²) in [6, 6.07) is 0. The van der Waals surface area contributed by atoms with Crippen molar-refractivity contribution < 1.29 is 54.3 Å².